The number of fused-ring (bicyclic) bond motifs is 1. The van der Waals surface area contributed by atoms with Crippen LogP contribution < -0.4 is 4.90 Å². The summed E-state index contributed by atoms with van der Waals surface area (Å²) in [5.41, 5.74) is 0.568. The Kier molecular flexibility index (Phi) is 3.21. The fourth-order valence-corrected chi connectivity index (χ4v) is 3.81. The minimum absolute atomic E-state index is 0.0270. The standard InChI is InChI=1S/C12H8BrFN2O3S/c13-7-2-6(14)3-8-10(7)15-12(20-8)16-4-5(11(18)19)1-9(16)17/h2-3,5H,1,4H2,(H,18,19). The van der Waals surface area contributed by atoms with E-state index in [2.05, 4.69) is 20.9 Å². The van der Waals surface area contributed by atoms with Crippen molar-refractivity contribution in [1.82, 2.24) is 4.98 Å². The molecule has 0 spiro atoms. The zero-order valence-electron chi connectivity index (χ0n) is 9.97. The van der Waals surface area contributed by atoms with Gasteiger partial charge in [-0.2, -0.15) is 0 Å². The zero-order chi connectivity index (χ0) is 14.4. The van der Waals surface area contributed by atoms with E-state index in [0.29, 0.717) is 19.8 Å². The molecule has 1 atom stereocenters. The third kappa shape index (κ3) is 2.18. The highest BCUT2D eigenvalue weighted by molar-refractivity contribution is 9.10. The Hall–Kier alpha value is -1.54. The Bertz CT molecular complexity index is 733. The van der Waals surface area contributed by atoms with Crippen molar-refractivity contribution in [3.8, 4) is 0 Å². The molecule has 1 aromatic heterocycles. The van der Waals surface area contributed by atoms with Crippen LogP contribution in [0, 0.1) is 11.7 Å². The van der Waals surface area contributed by atoms with Crippen LogP contribution >= 0.6 is 27.3 Å². The molecule has 5 nitrogen and oxygen atoms in total. The number of anilines is 1. The minimum Gasteiger partial charge on any atom is -0.481 e. The molecule has 1 aliphatic heterocycles. The van der Waals surface area contributed by atoms with E-state index in [9.17, 15) is 14.0 Å². The average molecular weight is 359 g/mol. The Morgan fingerprint density at radius 3 is 2.95 bits per heavy atom. The number of carboxylic acids is 1. The fraction of sp³-hybridized carbons (Fsp3) is 0.250. The first-order valence-corrected chi connectivity index (χ1v) is 7.35. The second kappa shape index (κ2) is 4.78. The van der Waals surface area contributed by atoms with Crippen LogP contribution in [-0.4, -0.2) is 28.5 Å². The summed E-state index contributed by atoms with van der Waals surface area (Å²) in [6, 6.07) is 2.65. The summed E-state index contributed by atoms with van der Waals surface area (Å²) in [4.78, 5) is 28.5. The van der Waals surface area contributed by atoms with Gasteiger partial charge < -0.3 is 5.11 Å². The van der Waals surface area contributed by atoms with Gasteiger partial charge in [0.15, 0.2) is 5.13 Å². The number of halogens is 2. The molecule has 8 heteroatoms. The topological polar surface area (TPSA) is 70.5 Å². The third-order valence-corrected chi connectivity index (χ3v) is 4.74. The highest BCUT2D eigenvalue weighted by atomic mass is 79.9. The fourth-order valence-electron chi connectivity index (χ4n) is 2.12. The molecule has 1 amide bonds. The number of hydrogen-bond acceptors (Lipinski definition) is 4. The molecule has 1 aliphatic rings. The van der Waals surface area contributed by atoms with Crippen molar-refractivity contribution >= 4 is 54.5 Å². The minimum atomic E-state index is -0.991. The summed E-state index contributed by atoms with van der Waals surface area (Å²) in [6.07, 6.45) is -0.0270. The van der Waals surface area contributed by atoms with Crippen molar-refractivity contribution in [3.63, 3.8) is 0 Å². The number of carboxylic acid groups (broad SMARTS) is 1. The number of hydrogen-bond donors (Lipinski definition) is 1. The summed E-state index contributed by atoms with van der Waals surface area (Å²) in [6.45, 7) is 0.105. The predicted molar refractivity (Wildman–Crippen MR) is 75.4 cm³/mol. The van der Waals surface area contributed by atoms with Gasteiger partial charge in [0.25, 0.3) is 0 Å². The molecule has 0 saturated carbocycles. The molecule has 0 radical (unpaired) electrons. The van der Waals surface area contributed by atoms with Gasteiger partial charge >= 0.3 is 5.97 Å². The molecule has 20 heavy (non-hydrogen) atoms. The lowest BCUT2D eigenvalue weighted by Crippen LogP contribution is -2.25. The Balaban J connectivity index is 2.01. The van der Waals surface area contributed by atoms with E-state index in [1.807, 2.05) is 0 Å². The van der Waals surface area contributed by atoms with Crippen LogP contribution in [0.3, 0.4) is 0 Å². The largest absolute Gasteiger partial charge is 0.481 e. The number of carbonyl (C=O) groups excluding carboxylic acids is 1. The third-order valence-electron chi connectivity index (χ3n) is 3.11. The van der Waals surface area contributed by atoms with Crippen LogP contribution in [0.2, 0.25) is 0 Å². The Morgan fingerprint density at radius 2 is 2.30 bits per heavy atom. The molecule has 104 valence electrons. The van der Waals surface area contributed by atoms with E-state index in [4.69, 9.17) is 5.11 Å². The van der Waals surface area contributed by atoms with Crippen molar-refractivity contribution in [2.24, 2.45) is 5.92 Å². The van der Waals surface area contributed by atoms with Gasteiger partial charge in [-0.1, -0.05) is 11.3 Å². The van der Waals surface area contributed by atoms with Gasteiger partial charge in [0.1, 0.15) is 5.82 Å². The number of rotatable bonds is 2. The highest BCUT2D eigenvalue weighted by Gasteiger charge is 2.36. The molecular weight excluding hydrogens is 351 g/mol. The van der Waals surface area contributed by atoms with Gasteiger partial charge in [-0.3, -0.25) is 14.5 Å². The van der Waals surface area contributed by atoms with E-state index in [1.165, 1.54) is 28.4 Å². The summed E-state index contributed by atoms with van der Waals surface area (Å²) in [5, 5.41) is 9.37. The first-order valence-electron chi connectivity index (χ1n) is 5.74. The number of benzene rings is 1. The number of thiazole rings is 1. The van der Waals surface area contributed by atoms with Crippen LogP contribution in [0.1, 0.15) is 6.42 Å². The lowest BCUT2D eigenvalue weighted by Gasteiger charge is -2.11. The van der Waals surface area contributed by atoms with E-state index < -0.39 is 17.7 Å². The predicted octanol–water partition coefficient (Wildman–Crippen LogP) is 2.64. The zero-order valence-corrected chi connectivity index (χ0v) is 12.4. The van der Waals surface area contributed by atoms with Crippen LogP contribution in [0.5, 0.6) is 0 Å². The van der Waals surface area contributed by atoms with Gasteiger partial charge in [0.2, 0.25) is 5.91 Å². The monoisotopic (exact) mass is 358 g/mol. The maximum absolute atomic E-state index is 13.3. The van der Waals surface area contributed by atoms with E-state index in [1.54, 1.807) is 0 Å². The summed E-state index contributed by atoms with van der Waals surface area (Å²) < 4.78 is 14.4. The van der Waals surface area contributed by atoms with Crippen molar-refractivity contribution in [1.29, 1.82) is 0 Å². The maximum Gasteiger partial charge on any atom is 0.308 e. The number of carbonyl (C=O) groups is 2. The normalized spacial score (nSPS) is 19.0. The van der Waals surface area contributed by atoms with Gasteiger partial charge in [0, 0.05) is 17.4 Å². The van der Waals surface area contributed by atoms with Gasteiger partial charge in [0.05, 0.1) is 16.1 Å². The van der Waals surface area contributed by atoms with Gasteiger partial charge in [-0.25, -0.2) is 9.37 Å². The second-order valence-corrected chi connectivity index (χ2v) is 6.34. The lowest BCUT2D eigenvalue weighted by molar-refractivity contribution is -0.141. The van der Waals surface area contributed by atoms with Crippen LogP contribution in [-0.2, 0) is 9.59 Å². The summed E-state index contributed by atoms with van der Waals surface area (Å²) >= 11 is 4.40. The second-order valence-electron chi connectivity index (χ2n) is 4.47. The van der Waals surface area contributed by atoms with Crippen molar-refractivity contribution in [3.05, 3.63) is 22.4 Å². The van der Waals surface area contributed by atoms with Crippen LogP contribution in [0.4, 0.5) is 9.52 Å². The summed E-state index contributed by atoms with van der Waals surface area (Å²) in [7, 11) is 0. The molecule has 1 N–H and O–H groups in total. The number of nitrogens with zero attached hydrogens (tertiary/aromatic N) is 2. The number of aromatic nitrogens is 1. The van der Waals surface area contributed by atoms with Crippen molar-refractivity contribution < 1.29 is 19.1 Å². The van der Waals surface area contributed by atoms with Crippen molar-refractivity contribution in [2.75, 3.05) is 11.4 Å². The molecule has 1 aromatic carbocycles. The average Bonchev–Trinajstić information content (AvgIpc) is 2.92. The number of aliphatic carboxylic acids is 1. The molecule has 1 saturated heterocycles. The molecule has 2 heterocycles. The smallest absolute Gasteiger partial charge is 0.308 e. The first kappa shape index (κ1) is 13.4. The summed E-state index contributed by atoms with van der Waals surface area (Å²) in [5.74, 6) is -2.37. The molecule has 0 bridgehead atoms. The quantitative estimate of drug-likeness (QED) is 0.895. The maximum atomic E-state index is 13.3. The molecule has 2 aromatic rings. The Morgan fingerprint density at radius 1 is 1.55 bits per heavy atom. The van der Waals surface area contributed by atoms with E-state index >= 15 is 0 Å². The SMILES string of the molecule is O=C(O)C1CC(=O)N(c2nc3c(Br)cc(F)cc3s2)C1. The van der Waals surface area contributed by atoms with E-state index in [0.717, 1.165) is 0 Å². The molecule has 1 unspecified atom stereocenters. The molecule has 0 aliphatic carbocycles. The van der Waals surface area contributed by atoms with Crippen LogP contribution in [0.15, 0.2) is 16.6 Å². The number of amides is 1. The first-order chi connectivity index (χ1) is 9.45. The van der Waals surface area contributed by atoms with Crippen LogP contribution in [0.25, 0.3) is 10.2 Å². The van der Waals surface area contributed by atoms with Gasteiger partial charge in [-0.05, 0) is 28.1 Å². The Labute approximate surface area is 125 Å². The van der Waals surface area contributed by atoms with Crippen molar-refractivity contribution in [2.45, 2.75) is 6.42 Å². The van der Waals surface area contributed by atoms with E-state index in [-0.39, 0.29) is 18.9 Å². The molecular formula is C12H8BrFN2O3S. The molecule has 3 rings (SSSR count). The van der Waals surface area contributed by atoms with Gasteiger partial charge in [-0.15, -0.1) is 0 Å². The lowest BCUT2D eigenvalue weighted by atomic mass is 10.1. The molecule has 1 fully saturated rings. The highest BCUT2D eigenvalue weighted by Crippen LogP contribution is 2.36.